The van der Waals surface area contributed by atoms with Crippen LogP contribution in [0.4, 0.5) is 4.79 Å². The fraction of sp³-hybridized carbons (Fsp3) is 0.250. The van der Waals surface area contributed by atoms with E-state index >= 15 is 0 Å². The van der Waals surface area contributed by atoms with Crippen molar-refractivity contribution in [2.45, 2.75) is 6.61 Å². The lowest BCUT2D eigenvalue weighted by atomic mass is 10.5. The maximum atomic E-state index is 10.8. The Morgan fingerprint density at radius 3 is 2.93 bits per heavy atom. The van der Waals surface area contributed by atoms with Gasteiger partial charge in [0, 0.05) is 0 Å². The normalized spacial score (nSPS) is 9.43. The Labute approximate surface area is 79.5 Å². The molecule has 6 nitrogen and oxygen atoms in total. The number of ether oxygens (including phenoxy) is 1. The molecule has 14 heavy (non-hydrogen) atoms. The Hall–Kier alpha value is -1.98. The summed E-state index contributed by atoms with van der Waals surface area (Å²) in [5, 5.41) is 10.3. The summed E-state index contributed by atoms with van der Waals surface area (Å²) in [6, 6.07) is 3.30. The molecule has 0 saturated heterocycles. The standard InChI is InChI=1S/C8H9NO5/c10-7(11)4-9-8(12)14-5-6-2-1-3-13-6/h1-3H,4-5H2,(H,9,12)(H,10,11). The van der Waals surface area contributed by atoms with Crippen molar-refractivity contribution in [1.29, 1.82) is 0 Å². The Balaban J connectivity index is 2.18. The molecule has 1 heterocycles. The first-order valence-corrected chi connectivity index (χ1v) is 3.83. The van der Waals surface area contributed by atoms with Crippen molar-refractivity contribution in [3.05, 3.63) is 24.2 Å². The second-order valence-electron chi connectivity index (χ2n) is 2.40. The molecule has 6 heteroatoms. The molecule has 0 aliphatic heterocycles. The first-order valence-electron chi connectivity index (χ1n) is 3.83. The van der Waals surface area contributed by atoms with Crippen LogP contribution in [0.1, 0.15) is 5.76 Å². The molecule has 76 valence electrons. The third-order valence-electron chi connectivity index (χ3n) is 1.31. The number of carbonyl (C=O) groups is 2. The number of alkyl carbamates (subject to hydrolysis) is 1. The van der Waals surface area contributed by atoms with Crippen LogP contribution in [0.15, 0.2) is 22.8 Å². The number of amides is 1. The van der Waals surface area contributed by atoms with Crippen LogP contribution in [0.2, 0.25) is 0 Å². The van der Waals surface area contributed by atoms with E-state index in [9.17, 15) is 9.59 Å². The molecule has 0 aliphatic carbocycles. The molecule has 1 amide bonds. The second kappa shape index (κ2) is 4.90. The molecular formula is C8H9NO5. The number of hydrogen-bond acceptors (Lipinski definition) is 4. The van der Waals surface area contributed by atoms with Gasteiger partial charge in [0.25, 0.3) is 0 Å². The van der Waals surface area contributed by atoms with Crippen molar-refractivity contribution in [1.82, 2.24) is 5.32 Å². The third-order valence-corrected chi connectivity index (χ3v) is 1.31. The van der Waals surface area contributed by atoms with E-state index < -0.39 is 18.6 Å². The predicted octanol–water partition coefficient (Wildman–Crippen LogP) is 0.590. The summed E-state index contributed by atoms with van der Waals surface area (Å²) in [6.07, 6.45) is 0.664. The highest BCUT2D eigenvalue weighted by Crippen LogP contribution is 2.01. The van der Waals surface area contributed by atoms with Crippen LogP contribution in [0.25, 0.3) is 0 Å². The number of rotatable bonds is 4. The minimum absolute atomic E-state index is 0.0154. The lowest BCUT2D eigenvalue weighted by molar-refractivity contribution is -0.135. The molecule has 0 saturated carbocycles. The van der Waals surface area contributed by atoms with Crippen LogP contribution >= 0.6 is 0 Å². The van der Waals surface area contributed by atoms with Crippen LogP contribution < -0.4 is 5.32 Å². The van der Waals surface area contributed by atoms with Gasteiger partial charge >= 0.3 is 12.1 Å². The zero-order valence-electron chi connectivity index (χ0n) is 7.23. The van der Waals surface area contributed by atoms with Crippen molar-refractivity contribution >= 4 is 12.1 Å². The monoisotopic (exact) mass is 199 g/mol. The zero-order valence-corrected chi connectivity index (χ0v) is 7.23. The summed E-state index contributed by atoms with van der Waals surface area (Å²) in [7, 11) is 0. The van der Waals surface area contributed by atoms with Gasteiger partial charge in [0.1, 0.15) is 12.3 Å². The van der Waals surface area contributed by atoms with Gasteiger partial charge < -0.3 is 19.6 Å². The Kier molecular flexibility index (Phi) is 3.54. The van der Waals surface area contributed by atoms with Gasteiger partial charge in [-0.1, -0.05) is 0 Å². The number of carboxylic acid groups (broad SMARTS) is 1. The van der Waals surface area contributed by atoms with E-state index in [-0.39, 0.29) is 6.61 Å². The van der Waals surface area contributed by atoms with Gasteiger partial charge in [0.2, 0.25) is 0 Å². The number of furan rings is 1. The average molecular weight is 199 g/mol. The van der Waals surface area contributed by atoms with E-state index in [1.165, 1.54) is 6.26 Å². The molecule has 0 spiro atoms. The Bertz CT molecular complexity index is 306. The molecule has 1 aromatic heterocycles. The first kappa shape index (κ1) is 10.1. The highest BCUT2D eigenvalue weighted by Gasteiger charge is 2.05. The molecular weight excluding hydrogens is 190 g/mol. The number of carboxylic acids is 1. The van der Waals surface area contributed by atoms with Gasteiger partial charge in [-0.15, -0.1) is 0 Å². The van der Waals surface area contributed by atoms with Gasteiger partial charge in [0.05, 0.1) is 6.26 Å². The fourth-order valence-electron chi connectivity index (χ4n) is 0.730. The lowest BCUT2D eigenvalue weighted by Crippen LogP contribution is -2.29. The highest BCUT2D eigenvalue weighted by atomic mass is 16.6. The molecule has 0 atom stereocenters. The summed E-state index contributed by atoms with van der Waals surface area (Å²) in [5.41, 5.74) is 0. The first-order chi connectivity index (χ1) is 6.68. The number of hydrogen-bond donors (Lipinski definition) is 2. The van der Waals surface area contributed by atoms with Gasteiger partial charge in [0.15, 0.2) is 6.61 Å². The average Bonchev–Trinajstić information content (AvgIpc) is 2.63. The minimum atomic E-state index is -1.13. The third kappa shape index (κ3) is 3.61. The van der Waals surface area contributed by atoms with E-state index in [1.54, 1.807) is 12.1 Å². The smallest absolute Gasteiger partial charge is 0.408 e. The van der Waals surface area contributed by atoms with Crippen molar-refractivity contribution in [3.63, 3.8) is 0 Å². The predicted molar refractivity (Wildman–Crippen MR) is 44.5 cm³/mol. The van der Waals surface area contributed by atoms with E-state index in [0.29, 0.717) is 5.76 Å². The molecule has 0 aromatic carbocycles. The fourth-order valence-corrected chi connectivity index (χ4v) is 0.730. The summed E-state index contributed by atoms with van der Waals surface area (Å²) >= 11 is 0. The molecule has 1 rings (SSSR count). The van der Waals surface area contributed by atoms with E-state index in [2.05, 4.69) is 4.74 Å². The van der Waals surface area contributed by atoms with Gasteiger partial charge in [-0.25, -0.2) is 4.79 Å². The Morgan fingerprint density at radius 1 is 1.57 bits per heavy atom. The maximum absolute atomic E-state index is 10.8. The van der Waals surface area contributed by atoms with Crippen molar-refractivity contribution < 1.29 is 23.8 Å². The number of carbonyl (C=O) groups excluding carboxylic acids is 1. The molecule has 0 bridgehead atoms. The van der Waals surface area contributed by atoms with Crippen LogP contribution in [-0.2, 0) is 16.1 Å². The summed E-state index contributed by atoms with van der Waals surface area (Å²) in [5.74, 6) is -0.629. The van der Waals surface area contributed by atoms with Crippen LogP contribution in [0, 0.1) is 0 Å². The van der Waals surface area contributed by atoms with E-state index in [0.717, 1.165) is 0 Å². The van der Waals surface area contributed by atoms with Gasteiger partial charge in [-0.05, 0) is 12.1 Å². The topological polar surface area (TPSA) is 88.8 Å². The van der Waals surface area contributed by atoms with E-state index in [1.807, 2.05) is 5.32 Å². The van der Waals surface area contributed by atoms with Crippen LogP contribution in [-0.4, -0.2) is 23.7 Å². The quantitative estimate of drug-likeness (QED) is 0.740. The number of aliphatic carboxylic acids is 1. The lowest BCUT2D eigenvalue weighted by Gasteiger charge is -2.02. The largest absolute Gasteiger partial charge is 0.480 e. The van der Waals surface area contributed by atoms with Crippen LogP contribution in [0.3, 0.4) is 0 Å². The van der Waals surface area contributed by atoms with Crippen molar-refractivity contribution in [2.75, 3.05) is 6.54 Å². The molecule has 1 aromatic rings. The number of nitrogens with one attached hydrogen (secondary N) is 1. The van der Waals surface area contributed by atoms with Crippen molar-refractivity contribution in [3.8, 4) is 0 Å². The Morgan fingerprint density at radius 2 is 2.36 bits per heavy atom. The SMILES string of the molecule is O=C(O)CNC(=O)OCc1ccco1. The summed E-state index contributed by atoms with van der Waals surface area (Å²) < 4.78 is 9.52. The molecule has 0 radical (unpaired) electrons. The summed E-state index contributed by atoms with van der Waals surface area (Å²) in [4.78, 5) is 20.9. The molecule has 0 unspecified atom stereocenters. The highest BCUT2D eigenvalue weighted by molar-refractivity contribution is 5.76. The molecule has 2 N–H and O–H groups in total. The molecule has 0 aliphatic rings. The maximum Gasteiger partial charge on any atom is 0.408 e. The molecule has 0 fully saturated rings. The second-order valence-corrected chi connectivity index (χ2v) is 2.40. The van der Waals surface area contributed by atoms with Crippen LogP contribution in [0.5, 0.6) is 0 Å². The van der Waals surface area contributed by atoms with Gasteiger partial charge in [-0.3, -0.25) is 4.79 Å². The van der Waals surface area contributed by atoms with E-state index in [4.69, 9.17) is 9.52 Å². The van der Waals surface area contributed by atoms with Crippen molar-refractivity contribution in [2.24, 2.45) is 0 Å². The zero-order chi connectivity index (χ0) is 10.4. The minimum Gasteiger partial charge on any atom is -0.480 e. The van der Waals surface area contributed by atoms with Gasteiger partial charge in [-0.2, -0.15) is 0 Å². The summed E-state index contributed by atoms with van der Waals surface area (Å²) in [6.45, 7) is -0.477.